The number of carbonyl (C=O) groups is 1. The number of hydrogen-bond acceptors (Lipinski definition) is 4. The van der Waals surface area contributed by atoms with Crippen LogP contribution in [0.3, 0.4) is 0 Å². The number of rotatable bonds is 1. The lowest BCUT2D eigenvalue weighted by atomic mass is 9.76. The third kappa shape index (κ3) is 2.87. The second kappa shape index (κ2) is 6.17. The third-order valence-electron chi connectivity index (χ3n) is 3.98. The van der Waals surface area contributed by atoms with E-state index in [0.717, 1.165) is 5.56 Å². The largest absolute Gasteiger partial charge is 0.465 e. The molecular weight excluding hydrogens is 375 g/mol. The van der Waals surface area contributed by atoms with E-state index in [4.69, 9.17) is 9.84 Å². The highest BCUT2D eigenvalue weighted by Gasteiger charge is 2.46. The Labute approximate surface area is 139 Å². The van der Waals surface area contributed by atoms with Gasteiger partial charge in [0.05, 0.1) is 16.6 Å². The van der Waals surface area contributed by atoms with Gasteiger partial charge in [0, 0.05) is 24.7 Å². The molecule has 3 rings (SSSR count). The number of carboxylic acid groups (broad SMARTS) is 1. The predicted octanol–water partition coefficient (Wildman–Crippen LogP) is 3.19. The second-order valence-corrected chi connectivity index (χ2v) is 7.10. The van der Waals surface area contributed by atoms with E-state index in [1.54, 1.807) is 12.1 Å². The minimum atomic E-state index is -1.13. The molecule has 2 aliphatic rings. The van der Waals surface area contributed by atoms with Crippen LogP contribution in [0.5, 0.6) is 0 Å². The molecule has 2 N–H and O–H groups in total. The number of nitrogens with one attached hydrogen (secondary N) is 1. The molecule has 0 aliphatic carbocycles. The highest BCUT2D eigenvalue weighted by Crippen LogP contribution is 2.46. The number of amides is 1. The van der Waals surface area contributed by atoms with E-state index in [-0.39, 0.29) is 11.7 Å². The van der Waals surface area contributed by atoms with Crippen molar-refractivity contribution in [3.05, 3.63) is 34.1 Å². The van der Waals surface area contributed by atoms with Gasteiger partial charge in [-0.2, -0.15) is 0 Å². The van der Waals surface area contributed by atoms with Gasteiger partial charge in [-0.15, -0.1) is 0 Å². The summed E-state index contributed by atoms with van der Waals surface area (Å²) < 4.78 is 19.5. The van der Waals surface area contributed by atoms with Crippen LogP contribution in [0, 0.1) is 11.7 Å². The van der Waals surface area contributed by atoms with Gasteiger partial charge in [-0.05, 0) is 33.6 Å². The number of hydrogen-bond donors (Lipinski definition) is 2. The summed E-state index contributed by atoms with van der Waals surface area (Å²) in [6, 6.07) is 4.85. The second-order valence-electron chi connectivity index (χ2n) is 5.23. The zero-order valence-corrected chi connectivity index (χ0v) is 13.9. The lowest BCUT2D eigenvalue weighted by molar-refractivity contribution is 0.00996. The van der Waals surface area contributed by atoms with Gasteiger partial charge >= 0.3 is 6.09 Å². The Morgan fingerprint density at radius 1 is 1.59 bits per heavy atom. The van der Waals surface area contributed by atoms with Crippen molar-refractivity contribution in [1.29, 1.82) is 0 Å². The zero-order chi connectivity index (χ0) is 15.7. The van der Waals surface area contributed by atoms with Crippen LogP contribution in [0.2, 0.25) is 0 Å². The van der Waals surface area contributed by atoms with E-state index < -0.39 is 11.6 Å². The number of fused-ring (bicyclic) bond motifs is 1. The Morgan fingerprint density at radius 3 is 3.14 bits per heavy atom. The van der Waals surface area contributed by atoms with Gasteiger partial charge in [-0.25, -0.2) is 9.18 Å². The molecule has 0 saturated carbocycles. The monoisotopic (exact) mass is 388 g/mol. The smallest absolute Gasteiger partial charge is 0.410 e. The van der Waals surface area contributed by atoms with Crippen molar-refractivity contribution in [2.24, 2.45) is 10.9 Å². The van der Waals surface area contributed by atoms with Crippen LogP contribution < -0.4 is 5.32 Å². The average molecular weight is 389 g/mol. The van der Waals surface area contributed by atoms with Gasteiger partial charge in [0.25, 0.3) is 0 Å². The number of ether oxygens (including phenoxy) is 1. The Morgan fingerprint density at radius 2 is 2.41 bits per heavy atom. The van der Waals surface area contributed by atoms with Gasteiger partial charge < -0.3 is 9.84 Å². The molecule has 0 aromatic heterocycles. The third-order valence-corrected chi connectivity index (χ3v) is 5.62. The van der Waals surface area contributed by atoms with Crippen molar-refractivity contribution >= 4 is 39.0 Å². The maximum Gasteiger partial charge on any atom is 0.410 e. The average Bonchev–Trinajstić information content (AvgIpc) is 2.49. The molecule has 5 nitrogen and oxygen atoms in total. The molecule has 1 unspecified atom stereocenters. The van der Waals surface area contributed by atoms with E-state index in [1.807, 2.05) is 0 Å². The summed E-state index contributed by atoms with van der Waals surface area (Å²) in [5.41, 5.74) is 0.302. The van der Waals surface area contributed by atoms with Crippen LogP contribution >= 0.6 is 27.7 Å². The van der Waals surface area contributed by atoms with Crippen LogP contribution in [-0.2, 0) is 10.3 Å². The fraction of sp³-hybridized carbons (Fsp3) is 0.429. The molecule has 1 aromatic carbocycles. The van der Waals surface area contributed by atoms with Crippen molar-refractivity contribution in [2.75, 3.05) is 19.0 Å². The quantitative estimate of drug-likeness (QED) is 0.774. The lowest BCUT2D eigenvalue weighted by Crippen LogP contribution is -2.47. The van der Waals surface area contributed by atoms with E-state index in [2.05, 4.69) is 26.2 Å². The first-order valence-electron chi connectivity index (χ1n) is 6.77. The molecule has 1 amide bonds. The number of aliphatic imine (C=N–C) groups is 1. The predicted molar refractivity (Wildman–Crippen MR) is 85.8 cm³/mol. The molecule has 0 bridgehead atoms. The summed E-state index contributed by atoms with van der Waals surface area (Å²) in [6.45, 7) is 1.10. The molecule has 0 radical (unpaired) electrons. The van der Waals surface area contributed by atoms with Crippen LogP contribution in [0.4, 0.5) is 9.18 Å². The first-order chi connectivity index (χ1) is 10.5. The van der Waals surface area contributed by atoms with Crippen LogP contribution in [-0.4, -0.2) is 35.3 Å². The summed E-state index contributed by atoms with van der Waals surface area (Å²) >= 11 is 4.58. The Balaban J connectivity index is 2.06. The summed E-state index contributed by atoms with van der Waals surface area (Å²) in [5, 5.41) is 11.6. The van der Waals surface area contributed by atoms with E-state index in [9.17, 15) is 9.18 Å². The topological polar surface area (TPSA) is 70.9 Å². The van der Waals surface area contributed by atoms with Crippen LogP contribution in [0.15, 0.2) is 27.7 Å². The number of nitrogens with zero attached hydrogens (tertiary/aromatic N) is 1. The molecule has 1 saturated heterocycles. The summed E-state index contributed by atoms with van der Waals surface area (Å²) in [7, 11) is 0. The van der Waals surface area contributed by atoms with Gasteiger partial charge in [0.1, 0.15) is 5.82 Å². The van der Waals surface area contributed by atoms with Crippen LogP contribution in [0.25, 0.3) is 0 Å². The van der Waals surface area contributed by atoms with Crippen LogP contribution in [0.1, 0.15) is 12.0 Å². The Kier molecular flexibility index (Phi) is 4.42. The van der Waals surface area contributed by atoms with Crippen molar-refractivity contribution < 1.29 is 19.0 Å². The van der Waals surface area contributed by atoms with Crippen molar-refractivity contribution in [3.8, 4) is 0 Å². The van der Waals surface area contributed by atoms with Crippen molar-refractivity contribution in [1.82, 2.24) is 5.32 Å². The fourth-order valence-electron chi connectivity index (χ4n) is 2.89. The number of amidine groups is 1. The standard InChI is InChI=1S/C14H14BrFN2O3S/c15-10-5-8(1-2-11(10)16)14-3-4-21-6-9(14)7-22-12(18-14)17-13(19)20/h1-2,5,9H,3-4,6-7H2,(H,17,18)(H,19,20)/t9?,14-/m1/s1. The number of thioether (sulfide) groups is 1. The molecule has 8 heteroatoms. The Hall–Kier alpha value is -1.12. The number of halogens is 2. The van der Waals surface area contributed by atoms with E-state index in [1.165, 1.54) is 17.8 Å². The first kappa shape index (κ1) is 15.8. The summed E-state index contributed by atoms with van der Waals surface area (Å²) in [5.74, 6) is 0.499. The van der Waals surface area contributed by atoms with Gasteiger partial charge in [-0.3, -0.25) is 10.3 Å². The lowest BCUT2D eigenvalue weighted by Gasteiger charge is -2.44. The minimum absolute atomic E-state index is 0.128. The molecule has 118 valence electrons. The maximum atomic E-state index is 13.5. The minimum Gasteiger partial charge on any atom is -0.465 e. The molecule has 2 atom stereocenters. The van der Waals surface area contributed by atoms with Gasteiger partial charge in [0.15, 0.2) is 5.17 Å². The molecule has 0 spiro atoms. The molecular formula is C14H14BrFN2O3S. The highest BCUT2D eigenvalue weighted by molar-refractivity contribution is 9.10. The molecule has 2 aliphatic heterocycles. The van der Waals surface area contributed by atoms with E-state index in [0.29, 0.717) is 35.0 Å². The summed E-state index contributed by atoms with van der Waals surface area (Å²) in [4.78, 5) is 15.6. The summed E-state index contributed by atoms with van der Waals surface area (Å²) in [6.07, 6.45) is -0.492. The first-order valence-corrected chi connectivity index (χ1v) is 8.55. The van der Waals surface area contributed by atoms with Gasteiger partial charge in [-0.1, -0.05) is 17.8 Å². The fourth-order valence-corrected chi connectivity index (χ4v) is 4.38. The van der Waals surface area contributed by atoms with Gasteiger partial charge in [0.2, 0.25) is 0 Å². The number of benzene rings is 1. The highest BCUT2D eigenvalue weighted by atomic mass is 79.9. The van der Waals surface area contributed by atoms with E-state index >= 15 is 0 Å². The maximum absolute atomic E-state index is 13.5. The molecule has 22 heavy (non-hydrogen) atoms. The SMILES string of the molecule is O=C(O)NC1=N[C@@]2(c3ccc(F)c(Br)c3)CCOCC2CS1. The van der Waals surface area contributed by atoms with Crippen molar-refractivity contribution in [2.45, 2.75) is 12.0 Å². The molecule has 1 aromatic rings. The Bertz CT molecular complexity index is 643. The van der Waals surface area contributed by atoms with Crippen molar-refractivity contribution in [3.63, 3.8) is 0 Å². The normalized spacial score (nSPS) is 27.7. The zero-order valence-electron chi connectivity index (χ0n) is 11.5. The molecule has 2 heterocycles. The molecule has 1 fully saturated rings.